The second-order valence-electron chi connectivity index (χ2n) is 5.22. The third-order valence-electron chi connectivity index (χ3n) is 3.76. The number of piperidine rings is 1. The summed E-state index contributed by atoms with van der Waals surface area (Å²) in [7, 11) is 1.60. The Labute approximate surface area is 129 Å². The van der Waals surface area contributed by atoms with Gasteiger partial charge in [-0.1, -0.05) is 12.1 Å². The maximum Gasteiger partial charge on any atom is 0.248 e. The number of hydrogen-bond acceptors (Lipinski definition) is 6. The van der Waals surface area contributed by atoms with E-state index in [1.165, 1.54) is 12.7 Å². The minimum absolute atomic E-state index is 0.361. The number of rotatable bonds is 4. The molecule has 6 heteroatoms. The van der Waals surface area contributed by atoms with Crippen LogP contribution in [0, 0.1) is 0 Å². The first-order valence-corrected chi connectivity index (χ1v) is 7.46. The Morgan fingerprint density at radius 3 is 2.50 bits per heavy atom. The van der Waals surface area contributed by atoms with Crippen LogP contribution in [0.2, 0.25) is 0 Å². The Kier molecular flexibility index (Phi) is 4.27. The van der Waals surface area contributed by atoms with Crippen molar-refractivity contribution in [3.63, 3.8) is 0 Å². The van der Waals surface area contributed by atoms with Gasteiger partial charge in [-0.2, -0.15) is 4.98 Å². The average Bonchev–Trinajstić information content (AvgIpc) is 2.58. The molecule has 1 saturated heterocycles. The molecule has 0 bridgehead atoms. The summed E-state index contributed by atoms with van der Waals surface area (Å²) >= 11 is 0. The van der Waals surface area contributed by atoms with Crippen LogP contribution in [0.1, 0.15) is 19.3 Å². The second-order valence-corrected chi connectivity index (χ2v) is 5.22. The van der Waals surface area contributed by atoms with Gasteiger partial charge in [0.25, 0.3) is 0 Å². The fraction of sp³-hybridized carbons (Fsp3) is 0.375. The van der Waals surface area contributed by atoms with Gasteiger partial charge in [-0.3, -0.25) is 0 Å². The van der Waals surface area contributed by atoms with Gasteiger partial charge >= 0.3 is 0 Å². The van der Waals surface area contributed by atoms with Crippen molar-refractivity contribution in [3.05, 3.63) is 30.6 Å². The minimum atomic E-state index is 0.361. The first-order valence-electron chi connectivity index (χ1n) is 7.46. The van der Waals surface area contributed by atoms with Gasteiger partial charge in [0.2, 0.25) is 5.88 Å². The van der Waals surface area contributed by atoms with E-state index in [0.717, 1.165) is 31.7 Å². The SMILES string of the molecule is COc1ccccc1Oc1ncnc(N2CCCCC2)c1N. The van der Waals surface area contributed by atoms with Gasteiger partial charge in [-0.25, -0.2) is 4.98 Å². The highest BCUT2D eigenvalue weighted by Gasteiger charge is 2.19. The molecule has 1 aliphatic rings. The first-order chi connectivity index (χ1) is 10.8. The standard InChI is InChI=1S/C16H20N4O2/c1-21-12-7-3-4-8-13(12)22-16-14(17)15(18-11-19-16)20-9-5-2-6-10-20/h3-4,7-8,11H,2,5-6,9-10,17H2,1H3. The van der Waals surface area contributed by atoms with E-state index in [2.05, 4.69) is 14.9 Å². The third kappa shape index (κ3) is 2.90. The van der Waals surface area contributed by atoms with Crippen molar-refractivity contribution in [2.75, 3.05) is 30.8 Å². The molecule has 2 N–H and O–H groups in total. The molecule has 1 aromatic heterocycles. The average molecular weight is 300 g/mol. The van der Waals surface area contributed by atoms with Gasteiger partial charge in [0.15, 0.2) is 17.3 Å². The van der Waals surface area contributed by atoms with Crippen molar-refractivity contribution < 1.29 is 9.47 Å². The summed E-state index contributed by atoms with van der Waals surface area (Å²) in [6, 6.07) is 7.41. The Bertz CT molecular complexity index is 642. The lowest BCUT2D eigenvalue weighted by Crippen LogP contribution is -2.31. The number of para-hydroxylation sites is 2. The van der Waals surface area contributed by atoms with E-state index in [1.807, 2.05) is 24.3 Å². The monoisotopic (exact) mass is 300 g/mol. The number of anilines is 2. The molecule has 0 amide bonds. The molecular weight excluding hydrogens is 280 g/mol. The largest absolute Gasteiger partial charge is 0.493 e. The normalized spacial score (nSPS) is 14.7. The number of benzene rings is 1. The topological polar surface area (TPSA) is 73.5 Å². The van der Waals surface area contributed by atoms with Crippen LogP contribution in [-0.2, 0) is 0 Å². The zero-order valence-corrected chi connectivity index (χ0v) is 12.7. The Morgan fingerprint density at radius 1 is 1.05 bits per heavy atom. The fourth-order valence-corrected chi connectivity index (χ4v) is 2.62. The van der Waals surface area contributed by atoms with E-state index in [-0.39, 0.29) is 0 Å². The summed E-state index contributed by atoms with van der Waals surface area (Å²) in [5.41, 5.74) is 6.69. The molecule has 0 radical (unpaired) electrons. The van der Waals surface area contributed by atoms with E-state index in [9.17, 15) is 0 Å². The second kappa shape index (κ2) is 6.51. The molecule has 116 valence electrons. The van der Waals surface area contributed by atoms with Crippen LogP contribution in [0.25, 0.3) is 0 Å². The molecule has 3 rings (SSSR count). The Balaban J connectivity index is 1.88. The molecule has 0 spiro atoms. The van der Waals surface area contributed by atoms with Gasteiger partial charge in [0.05, 0.1) is 7.11 Å². The lowest BCUT2D eigenvalue weighted by atomic mass is 10.1. The molecule has 2 heterocycles. The summed E-state index contributed by atoms with van der Waals surface area (Å²) in [6.07, 6.45) is 5.06. The van der Waals surface area contributed by atoms with Gasteiger partial charge in [0.1, 0.15) is 12.0 Å². The predicted molar refractivity (Wildman–Crippen MR) is 85.6 cm³/mol. The first kappa shape index (κ1) is 14.4. The summed E-state index contributed by atoms with van der Waals surface area (Å²) in [4.78, 5) is 10.7. The van der Waals surface area contributed by atoms with Crippen LogP contribution in [0.3, 0.4) is 0 Å². The zero-order chi connectivity index (χ0) is 15.4. The highest BCUT2D eigenvalue weighted by atomic mass is 16.5. The summed E-state index contributed by atoms with van der Waals surface area (Å²) < 4.78 is 11.1. The maximum absolute atomic E-state index is 6.22. The smallest absolute Gasteiger partial charge is 0.248 e. The molecular formula is C16H20N4O2. The van der Waals surface area contributed by atoms with Crippen molar-refractivity contribution >= 4 is 11.5 Å². The van der Waals surface area contributed by atoms with E-state index >= 15 is 0 Å². The number of ether oxygens (including phenoxy) is 2. The quantitative estimate of drug-likeness (QED) is 0.936. The number of aromatic nitrogens is 2. The molecule has 0 saturated carbocycles. The third-order valence-corrected chi connectivity index (χ3v) is 3.76. The lowest BCUT2D eigenvalue weighted by Gasteiger charge is -2.28. The van der Waals surface area contributed by atoms with E-state index in [4.69, 9.17) is 15.2 Å². The lowest BCUT2D eigenvalue weighted by molar-refractivity contribution is 0.374. The van der Waals surface area contributed by atoms with E-state index in [0.29, 0.717) is 23.1 Å². The Morgan fingerprint density at radius 2 is 1.77 bits per heavy atom. The Hall–Kier alpha value is -2.50. The fourth-order valence-electron chi connectivity index (χ4n) is 2.62. The van der Waals surface area contributed by atoms with Crippen molar-refractivity contribution in [1.29, 1.82) is 0 Å². The van der Waals surface area contributed by atoms with E-state index < -0.39 is 0 Å². The van der Waals surface area contributed by atoms with Crippen LogP contribution < -0.4 is 20.1 Å². The molecule has 1 aromatic carbocycles. The number of nitrogens with two attached hydrogens (primary N) is 1. The number of hydrogen-bond donors (Lipinski definition) is 1. The summed E-state index contributed by atoms with van der Waals surface area (Å²) in [5.74, 6) is 2.33. The number of nitrogens with zero attached hydrogens (tertiary/aromatic N) is 3. The molecule has 1 aliphatic heterocycles. The van der Waals surface area contributed by atoms with Crippen LogP contribution in [-0.4, -0.2) is 30.2 Å². The molecule has 2 aromatic rings. The molecule has 1 fully saturated rings. The van der Waals surface area contributed by atoms with Crippen LogP contribution >= 0.6 is 0 Å². The van der Waals surface area contributed by atoms with E-state index in [1.54, 1.807) is 7.11 Å². The summed E-state index contributed by atoms with van der Waals surface area (Å²) in [6.45, 7) is 1.94. The van der Waals surface area contributed by atoms with Crippen molar-refractivity contribution in [2.24, 2.45) is 0 Å². The van der Waals surface area contributed by atoms with Crippen LogP contribution in [0.15, 0.2) is 30.6 Å². The molecule has 6 nitrogen and oxygen atoms in total. The van der Waals surface area contributed by atoms with Crippen molar-refractivity contribution in [2.45, 2.75) is 19.3 Å². The molecule has 0 unspecified atom stereocenters. The maximum atomic E-state index is 6.22. The highest BCUT2D eigenvalue weighted by Crippen LogP contribution is 2.35. The molecule has 0 atom stereocenters. The van der Waals surface area contributed by atoms with Gasteiger partial charge in [-0.05, 0) is 31.4 Å². The number of nitrogen functional groups attached to an aromatic ring is 1. The number of methoxy groups -OCH3 is 1. The van der Waals surface area contributed by atoms with Crippen LogP contribution in [0.4, 0.5) is 11.5 Å². The van der Waals surface area contributed by atoms with Gasteiger partial charge < -0.3 is 20.1 Å². The highest BCUT2D eigenvalue weighted by molar-refractivity contribution is 5.68. The molecule has 0 aliphatic carbocycles. The van der Waals surface area contributed by atoms with Gasteiger partial charge in [-0.15, -0.1) is 0 Å². The predicted octanol–water partition coefficient (Wildman–Crippen LogP) is 2.85. The van der Waals surface area contributed by atoms with Crippen LogP contribution in [0.5, 0.6) is 17.4 Å². The summed E-state index contributed by atoms with van der Waals surface area (Å²) in [5, 5.41) is 0. The van der Waals surface area contributed by atoms with Crippen molar-refractivity contribution in [1.82, 2.24) is 9.97 Å². The van der Waals surface area contributed by atoms with Gasteiger partial charge in [0, 0.05) is 13.1 Å². The minimum Gasteiger partial charge on any atom is -0.493 e. The van der Waals surface area contributed by atoms with Crippen molar-refractivity contribution in [3.8, 4) is 17.4 Å². The molecule has 22 heavy (non-hydrogen) atoms. The zero-order valence-electron chi connectivity index (χ0n) is 12.7.